The van der Waals surface area contributed by atoms with Gasteiger partial charge in [-0.2, -0.15) is 0 Å². The van der Waals surface area contributed by atoms with Crippen molar-refractivity contribution in [1.29, 1.82) is 0 Å². The van der Waals surface area contributed by atoms with Gasteiger partial charge >= 0.3 is 0 Å². The van der Waals surface area contributed by atoms with Crippen LogP contribution in [0.2, 0.25) is 0 Å². The van der Waals surface area contributed by atoms with Crippen molar-refractivity contribution in [1.82, 2.24) is 0 Å². The zero-order valence-electron chi connectivity index (χ0n) is 30.3. The van der Waals surface area contributed by atoms with Gasteiger partial charge in [0.25, 0.3) is 0 Å². The minimum absolute atomic E-state index is 0.0585. The summed E-state index contributed by atoms with van der Waals surface area (Å²) < 4.78 is 6.08. The minimum Gasteiger partial charge on any atom is -0.507 e. The number of nitrogens with zero attached hydrogens (tertiary/aromatic N) is 2. The molecule has 0 radical (unpaired) electrons. The molecule has 4 aromatic carbocycles. The highest BCUT2D eigenvalue weighted by Crippen LogP contribution is 2.39. The van der Waals surface area contributed by atoms with Gasteiger partial charge in [-0.05, 0) is 93.5 Å². The van der Waals surface area contributed by atoms with Crippen molar-refractivity contribution in [2.75, 3.05) is 0 Å². The third-order valence-electron chi connectivity index (χ3n) is 8.24. The number of phenolic OH excluding ortho intramolecular Hbond substituents is 2. The van der Waals surface area contributed by atoms with Crippen molar-refractivity contribution in [3.63, 3.8) is 0 Å². The third-order valence-corrected chi connectivity index (χ3v) is 8.24. The number of benzene rings is 4. The predicted octanol–water partition coefficient (Wildman–Crippen LogP) is 11.6. The number of ether oxygens (including phenoxy) is 1. The fraction of sp³-hybridized carbons (Fsp3) is 0.381. The summed E-state index contributed by atoms with van der Waals surface area (Å²) in [6, 6.07) is 23.3. The summed E-state index contributed by atoms with van der Waals surface area (Å²) in [5, 5.41) is 22.1. The average Bonchev–Trinajstić information content (AvgIpc) is 2.95. The molecule has 0 aliphatic heterocycles. The van der Waals surface area contributed by atoms with Gasteiger partial charge in [0.15, 0.2) is 0 Å². The van der Waals surface area contributed by atoms with E-state index in [1.54, 1.807) is 12.4 Å². The number of hydrogen-bond donors (Lipinski definition) is 2. The molecule has 0 aliphatic carbocycles. The average molecular weight is 633 g/mol. The van der Waals surface area contributed by atoms with Gasteiger partial charge in [0.2, 0.25) is 0 Å². The molecular weight excluding hydrogens is 580 g/mol. The fourth-order valence-corrected chi connectivity index (χ4v) is 5.14. The lowest BCUT2D eigenvalue weighted by Gasteiger charge is -2.27. The summed E-state index contributed by atoms with van der Waals surface area (Å²) in [5.41, 5.74) is 6.55. The van der Waals surface area contributed by atoms with E-state index in [9.17, 15) is 10.2 Å². The highest BCUT2D eigenvalue weighted by molar-refractivity contribution is 5.87. The molecule has 0 bridgehead atoms. The maximum absolute atomic E-state index is 11.1. The Kier molecular flexibility index (Phi) is 9.83. The van der Waals surface area contributed by atoms with E-state index in [-0.39, 0.29) is 33.2 Å². The van der Waals surface area contributed by atoms with Crippen LogP contribution in [-0.2, 0) is 21.7 Å². The molecule has 0 fully saturated rings. The summed E-state index contributed by atoms with van der Waals surface area (Å²) >= 11 is 0. The Balaban J connectivity index is 1.49. The minimum atomic E-state index is -0.200. The van der Waals surface area contributed by atoms with Gasteiger partial charge in [0, 0.05) is 34.7 Å². The third kappa shape index (κ3) is 8.91. The highest BCUT2D eigenvalue weighted by atomic mass is 16.5. The van der Waals surface area contributed by atoms with Crippen LogP contribution < -0.4 is 4.74 Å². The first-order valence-corrected chi connectivity index (χ1v) is 16.3. The van der Waals surface area contributed by atoms with E-state index in [2.05, 4.69) is 105 Å². The molecular formula is C42H52N2O3. The lowest BCUT2D eigenvalue weighted by molar-refractivity contribution is 0.443. The fourth-order valence-electron chi connectivity index (χ4n) is 5.14. The van der Waals surface area contributed by atoms with Crippen molar-refractivity contribution >= 4 is 23.8 Å². The topological polar surface area (TPSA) is 74.4 Å². The number of phenols is 2. The summed E-state index contributed by atoms with van der Waals surface area (Å²) in [6.07, 6.45) is 3.47. The molecule has 0 unspecified atom stereocenters. The smallest absolute Gasteiger partial charge is 0.128 e. The van der Waals surface area contributed by atoms with Crippen LogP contribution in [0.5, 0.6) is 23.0 Å². The second-order valence-corrected chi connectivity index (χ2v) is 16.5. The standard InChI is InChI=1S/C42H52N2O3/c1-39(2,3)29-21-27(37(45)35(23-29)41(7,8)9)25-43-31-13-17-33(18-14-31)47-34-19-15-32(16-20-34)44-26-28-22-30(40(4,5)6)24-36(38(28)46)42(10,11)12/h13-26,45-46H,1-12H3. The predicted molar refractivity (Wildman–Crippen MR) is 198 cm³/mol. The Hall–Kier alpha value is -4.38. The number of hydrogen-bond acceptors (Lipinski definition) is 5. The van der Waals surface area contributed by atoms with Crippen molar-refractivity contribution in [2.24, 2.45) is 9.98 Å². The second kappa shape index (κ2) is 13.0. The molecule has 4 rings (SSSR count). The van der Waals surface area contributed by atoms with Crippen LogP contribution in [0.1, 0.15) is 116 Å². The maximum Gasteiger partial charge on any atom is 0.128 e. The Morgan fingerprint density at radius 2 is 0.787 bits per heavy atom. The van der Waals surface area contributed by atoms with E-state index in [4.69, 9.17) is 4.74 Å². The first-order chi connectivity index (χ1) is 21.6. The van der Waals surface area contributed by atoms with Gasteiger partial charge in [-0.25, -0.2) is 0 Å². The van der Waals surface area contributed by atoms with Crippen molar-refractivity contribution in [3.05, 3.63) is 106 Å². The summed E-state index contributed by atoms with van der Waals surface area (Å²) in [7, 11) is 0. The van der Waals surface area contributed by atoms with E-state index in [0.717, 1.165) is 33.6 Å². The molecule has 0 aromatic heterocycles. The molecule has 0 aliphatic rings. The lowest BCUT2D eigenvalue weighted by Crippen LogP contribution is -2.17. The van der Waals surface area contributed by atoms with Gasteiger partial charge in [0.05, 0.1) is 11.4 Å². The molecule has 0 amide bonds. The second-order valence-electron chi connectivity index (χ2n) is 16.5. The maximum atomic E-state index is 11.1. The van der Waals surface area contributed by atoms with E-state index >= 15 is 0 Å². The normalized spacial score (nSPS) is 13.1. The molecule has 5 heteroatoms. The van der Waals surface area contributed by atoms with Gasteiger partial charge in [-0.1, -0.05) is 95.2 Å². The molecule has 5 nitrogen and oxygen atoms in total. The Morgan fingerprint density at radius 3 is 1.06 bits per heavy atom. The van der Waals surface area contributed by atoms with Crippen LogP contribution in [0.15, 0.2) is 82.8 Å². The number of aliphatic imine (C=N–C) groups is 2. The monoisotopic (exact) mass is 632 g/mol. The zero-order valence-corrected chi connectivity index (χ0v) is 30.3. The summed E-state index contributed by atoms with van der Waals surface area (Å²) in [6.45, 7) is 25.7. The highest BCUT2D eigenvalue weighted by Gasteiger charge is 2.26. The van der Waals surface area contributed by atoms with Crippen LogP contribution in [-0.4, -0.2) is 22.6 Å². The van der Waals surface area contributed by atoms with Crippen LogP contribution in [0.3, 0.4) is 0 Å². The molecule has 4 aromatic rings. The van der Waals surface area contributed by atoms with Gasteiger partial charge in [0.1, 0.15) is 23.0 Å². The van der Waals surface area contributed by atoms with Gasteiger partial charge in [-0.15, -0.1) is 0 Å². The molecule has 2 N–H and O–H groups in total. The molecule has 47 heavy (non-hydrogen) atoms. The van der Waals surface area contributed by atoms with Gasteiger partial charge < -0.3 is 14.9 Å². The Bertz CT molecular complexity index is 1640. The molecule has 248 valence electrons. The molecule has 0 atom stereocenters. The number of rotatable bonds is 6. The van der Waals surface area contributed by atoms with Crippen molar-refractivity contribution < 1.29 is 14.9 Å². The van der Waals surface area contributed by atoms with E-state index in [1.807, 2.05) is 60.7 Å². The van der Waals surface area contributed by atoms with Crippen LogP contribution in [0, 0.1) is 0 Å². The first kappa shape index (κ1) is 35.5. The molecule has 0 saturated heterocycles. The molecule has 0 heterocycles. The largest absolute Gasteiger partial charge is 0.507 e. The lowest BCUT2D eigenvalue weighted by atomic mass is 9.79. The van der Waals surface area contributed by atoms with Crippen molar-refractivity contribution in [3.8, 4) is 23.0 Å². The zero-order chi connectivity index (χ0) is 34.9. The van der Waals surface area contributed by atoms with Crippen molar-refractivity contribution in [2.45, 2.75) is 105 Å². The van der Waals surface area contributed by atoms with Crippen LogP contribution in [0.4, 0.5) is 11.4 Å². The summed E-state index contributed by atoms with van der Waals surface area (Å²) in [4.78, 5) is 9.32. The quantitative estimate of drug-likeness (QED) is 0.208. The Labute approximate surface area is 282 Å². The van der Waals surface area contributed by atoms with Gasteiger partial charge in [-0.3, -0.25) is 9.98 Å². The van der Waals surface area contributed by atoms with E-state index < -0.39 is 0 Å². The van der Waals surface area contributed by atoms with Crippen LogP contribution >= 0.6 is 0 Å². The Morgan fingerprint density at radius 1 is 0.468 bits per heavy atom. The number of aromatic hydroxyl groups is 2. The molecule has 0 spiro atoms. The first-order valence-electron chi connectivity index (χ1n) is 16.3. The molecule has 0 saturated carbocycles. The summed E-state index contributed by atoms with van der Waals surface area (Å²) in [5.74, 6) is 1.91. The van der Waals surface area contributed by atoms with E-state index in [1.165, 1.54) is 0 Å². The van der Waals surface area contributed by atoms with Crippen LogP contribution in [0.25, 0.3) is 0 Å². The SMILES string of the molecule is CC(C)(C)c1cc(C=Nc2ccc(Oc3ccc(N=Cc4cc(C(C)(C)C)cc(C(C)(C)C)c4O)cc3)cc2)c(O)c(C(C)(C)C)c1. The van der Waals surface area contributed by atoms with E-state index in [0.29, 0.717) is 22.6 Å².